The molecule has 0 bridgehead atoms. The van der Waals surface area contributed by atoms with Gasteiger partial charge in [-0.3, -0.25) is 4.79 Å². The normalized spacial score (nSPS) is 11.0. The molecule has 0 aliphatic carbocycles. The third kappa shape index (κ3) is 3.51. The van der Waals surface area contributed by atoms with Gasteiger partial charge in [0.1, 0.15) is 12.2 Å². The van der Waals surface area contributed by atoms with Crippen molar-refractivity contribution in [2.75, 3.05) is 5.32 Å². The van der Waals surface area contributed by atoms with Gasteiger partial charge >= 0.3 is 0 Å². The Balaban J connectivity index is 1.67. The Hall–Kier alpha value is -2.96. The average Bonchev–Trinajstić information content (AvgIpc) is 3.18. The fraction of sp³-hybridized carbons (Fsp3) is 0.294. The van der Waals surface area contributed by atoms with Crippen LogP contribution in [-0.2, 0) is 11.3 Å². The molecule has 1 aromatic carbocycles. The summed E-state index contributed by atoms with van der Waals surface area (Å²) in [4.78, 5) is 20.7. The monoisotopic (exact) mass is 325 g/mol. The van der Waals surface area contributed by atoms with E-state index < -0.39 is 0 Å². The number of hydrogen-bond acceptors (Lipinski definition) is 5. The van der Waals surface area contributed by atoms with Crippen molar-refractivity contribution in [1.82, 2.24) is 19.7 Å². The minimum absolute atomic E-state index is 0.121. The smallest absolute Gasteiger partial charge is 0.244 e. The Morgan fingerprint density at radius 1 is 1.33 bits per heavy atom. The number of benzene rings is 1. The summed E-state index contributed by atoms with van der Waals surface area (Å²) in [5, 5.41) is 6.81. The number of para-hydroxylation sites is 1. The molecule has 0 aliphatic heterocycles. The highest BCUT2D eigenvalue weighted by molar-refractivity contribution is 5.91. The molecule has 0 fully saturated rings. The molecule has 3 aromatic rings. The third-order valence-corrected chi connectivity index (χ3v) is 3.54. The molecule has 0 aliphatic rings. The number of carbonyl (C=O) groups is 1. The number of anilines is 1. The van der Waals surface area contributed by atoms with Gasteiger partial charge in [0.2, 0.25) is 17.6 Å². The number of nitrogens with one attached hydrogen (secondary N) is 1. The Morgan fingerprint density at radius 3 is 2.83 bits per heavy atom. The maximum atomic E-state index is 12.2. The van der Waals surface area contributed by atoms with E-state index in [0.29, 0.717) is 17.4 Å². The number of aromatic nitrogens is 4. The molecule has 0 radical (unpaired) electrons. The predicted octanol–water partition coefficient (Wildman–Crippen LogP) is 3.00. The molecule has 0 unspecified atom stereocenters. The van der Waals surface area contributed by atoms with Gasteiger partial charge in [0, 0.05) is 17.8 Å². The second kappa shape index (κ2) is 6.66. The average molecular weight is 325 g/mol. The Morgan fingerprint density at radius 2 is 2.12 bits per heavy atom. The van der Waals surface area contributed by atoms with Crippen molar-refractivity contribution >= 4 is 11.6 Å². The first-order chi connectivity index (χ1) is 11.5. The molecule has 0 saturated carbocycles. The van der Waals surface area contributed by atoms with Gasteiger partial charge in [-0.15, -0.1) is 0 Å². The molecule has 0 saturated heterocycles. The summed E-state index contributed by atoms with van der Waals surface area (Å²) in [6, 6.07) is 7.65. The van der Waals surface area contributed by atoms with Gasteiger partial charge in [-0.2, -0.15) is 4.98 Å². The standard InChI is InChI=1S/C17H19N5O2/c1-11(2)17-20-16(21-24-17)14-8-22(10-18-14)9-15(23)19-13-7-5-4-6-12(13)3/h4-8,10-11H,9H2,1-3H3,(H,19,23). The van der Waals surface area contributed by atoms with Crippen molar-refractivity contribution in [2.45, 2.75) is 33.2 Å². The number of carbonyl (C=O) groups excluding carboxylic acids is 1. The zero-order valence-electron chi connectivity index (χ0n) is 13.9. The molecule has 1 N–H and O–H groups in total. The molecule has 124 valence electrons. The van der Waals surface area contributed by atoms with E-state index in [4.69, 9.17) is 4.52 Å². The zero-order valence-corrected chi connectivity index (χ0v) is 13.9. The molecule has 0 spiro atoms. The van der Waals surface area contributed by atoms with Crippen LogP contribution in [0.25, 0.3) is 11.5 Å². The highest BCUT2D eigenvalue weighted by atomic mass is 16.5. The largest absolute Gasteiger partial charge is 0.339 e. The van der Waals surface area contributed by atoms with Crippen molar-refractivity contribution < 1.29 is 9.32 Å². The minimum Gasteiger partial charge on any atom is -0.339 e. The lowest BCUT2D eigenvalue weighted by atomic mass is 10.2. The van der Waals surface area contributed by atoms with Crippen LogP contribution in [0.2, 0.25) is 0 Å². The molecule has 0 atom stereocenters. The first kappa shape index (κ1) is 15.9. The van der Waals surface area contributed by atoms with Gasteiger partial charge in [0.05, 0.1) is 6.33 Å². The molecule has 7 nitrogen and oxygen atoms in total. The number of nitrogens with zero attached hydrogens (tertiary/aromatic N) is 4. The predicted molar refractivity (Wildman–Crippen MR) is 89.4 cm³/mol. The van der Waals surface area contributed by atoms with Gasteiger partial charge in [-0.05, 0) is 18.6 Å². The summed E-state index contributed by atoms with van der Waals surface area (Å²) in [6.45, 7) is 6.07. The van der Waals surface area contributed by atoms with Gasteiger partial charge < -0.3 is 14.4 Å². The SMILES string of the molecule is Cc1ccccc1NC(=O)Cn1cnc(-c2noc(C(C)C)n2)c1. The van der Waals surface area contributed by atoms with Gasteiger partial charge in [0.25, 0.3) is 0 Å². The van der Waals surface area contributed by atoms with Gasteiger partial charge in [0.15, 0.2) is 0 Å². The van der Waals surface area contributed by atoms with Crippen LogP contribution in [0.3, 0.4) is 0 Å². The van der Waals surface area contributed by atoms with Crippen molar-refractivity contribution in [3.05, 3.63) is 48.2 Å². The molecule has 3 rings (SSSR count). The van der Waals surface area contributed by atoms with Crippen LogP contribution in [0, 0.1) is 6.92 Å². The Labute approximate surface area is 139 Å². The number of hydrogen-bond donors (Lipinski definition) is 1. The summed E-state index contributed by atoms with van der Waals surface area (Å²) in [6.07, 6.45) is 3.31. The maximum absolute atomic E-state index is 12.2. The molecule has 1 amide bonds. The van der Waals surface area contributed by atoms with Crippen LogP contribution in [-0.4, -0.2) is 25.6 Å². The quantitative estimate of drug-likeness (QED) is 0.779. The van der Waals surface area contributed by atoms with E-state index >= 15 is 0 Å². The van der Waals surface area contributed by atoms with Gasteiger partial charge in [-0.1, -0.05) is 37.2 Å². The molecule has 7 heteroatoms. The Bertz CT molecular complexity index is 850. The molecule has 2 heterocycles. The summed E-state index contributed by atoms with van der Waals surface area (Å²) < 4.78 is 6.86. The topological polar surface area (TPSA) is 85.8 Å². The first-order valence-corrected chi connectivity index (χ1v) is 7.74. The summed E-state index contributed by atoms with van der Waals surface area (Å²) in [7, 11) is 0. The first-order valence-electron chi connectivity index (χ1n) is 7.74. The van der Waals surface area contributed by atoms with Crippen molar-refractivity contribution in [3.8, 4) is 11.5 Å². The molecular formula is C17H19N5O2. The number of imidazole rings is 1. The van der Waals surface area contributed by atoms with E-state index in [0.717, 1.165) is 11.3 Å². The van der Waals surface area contributed by atoms with Crippen LogP contribution in [0.1, 0.15) is 31.2 Å². The summed E-state index contributed by atoms with van der Waals surface area (Å²) in [5.41, 5.74) is 2.40. The molecule has 2 aromatic heterocycles. The van der Waals surface area contributed by atoms with E-state index in [1.54, 1.807) is 17.1 Å². The van der Waals surface area contributed by atoms with Crippen LogP contribution in [0.5, 0.6) is 0 Å². The van der Waals surface area contributed by atoms with E-state index in [1.807, 2.05) is 45.0 Å². The second-order valence-corrected chi connectivity index (χ2v) is 5.91. The van der Waals surface area contributed by atoms with Crippen LogP contribution < -0.4 is 5.32 Å². The number of aryl methyl sites for hydroxylation is 1. The fourth-order valence-electron chi connectivity index (χ4n) is 2.20. The second-order valence-electron chi connectivity index (χ2n) is 5.91. The molecule has 24 heavy (non-hydrogen) atoms. The third-order valence-electron chi connectivity index (χ3n) is 3.54. The minimum atomic E-state index is -0.121. The number of rotatable bonds is 5. The Kier molecular flexibility index (Phi) is 4.41. The van der Waals surface area contributed by atoms with Crippen LogP contribution in [0.15, 0.2) is 41.3 Å². The number of amides is 1. The summed E-state index contributed by atoms with van der Waals surface area (Å²) >= 11 is 0. The van der Waals surface area contributed by atoms with Crippen molar-refractivity contribution in [3.63, 3.8) is 0 Å². The van der Waals surface area contributed by atoms with E-state index in [2.05, 4.69) is 20.4 Å². The maximum Gasteiger partial charge on any atom is 0.244 e. The van der Waals surface area contributed by atoms with E-state index in [-0.39, 0.29) is 18.4 Å². The zero-order chi connectivity index (χ0) is 17.1. The summed E-state index contributed by atoms with van der Waals surface area (Å²) in [5.74, 6) is 1.03. The lowest BCUT2D eigenvalue weighted by Crippen LogP contribution is -2.18. The highest BCUT2D eigenvalue weighted by Gasteiger charge is 2.14. The fourth-order valence-corrected chi connectivity index (χ4v) is 2.20. The van der Waals surface area contributed by atoms with Crippen LogP contribution >= 0.6 is 0 Å². The van der Waals surface area contributed by atoms with Crippen LogP contribution in [0.4, 0.5) is 5.69 Å². The van der Waals surface area contributed by atoms with E-state index in [9.17, 15) is 4.79 Å². The van der Waals surface area contributed by atoms with Crippen molar-refractivity contribution in [2.24, 2.45) is 0 Å². The lowest BCUT2D eigenvalue weighted by molar-refractivity contribution is -0.116. The molecular weight excluding hydrogens is 306 g/mol. The van der Waals surface area contributed by atoms with Gasteiger partial charge in [-0.25, -0.2) is 4.98 Å². The highest BCUT2D eigenvalue weighted by Crippen LogP contribution is 2.18. The van der Waals surface area contributed by atoms with Crippen molar-refractivity contribution in [1.29, 1.82) is 0 Å². The lowest BCUT2D eigenvalue weighted by Gasteiger charge is -2.08. The van der Waals surface area contributed by atoms with E-state index in [1.165, 1.54) is 0 Å².